The van der Waals surface area contributed by atoms with Crippen molar-refractivity contribution in [2.45, 2.75) is 0 Å². The molecule has 0 aromatic heterocycles. The van der Waals surface area contributed by atoms with Crippen LogP contribution in [0.25, 0.3) is 6.08 Å². The zero-order valence-corrected chi connectivity index (χ0v) is 9.12. The Morgan fingerprint density at radius 3 is 2.93 bits per heavy atom. The molecule has 0 aliphatic rings. The number of benzene rings is 1. The maximum absolute atomic E-state index is 11.4. The number of halogens is 1. The normalized spacial score (nSPS) is 10.5. The van der Waals surface area contributed by atoms with E-state index in [2.05, 4.69) is 4.74 Å². The van der Waals surface area contributed by atoms with Crippen LogP contribution in [0.3, 0.4) is 0 Å². The van der Waals surface area contributed by atoms with Crippen LogP contribution in [0.1, 0.15) is 15.9 Å². The van der Waals surface area contributed by atoms with Crippen molar-refractivity contribution in [1.82, 2.24) is 0 Å². The smallest absolute Gasteiger partial charge is 0.338 e. The number of anilines is 1. The van der Waals surface area contributed by atoms with Gasteiger partial charge >= 0.3 is 5.97 Å². The van der Waals surface area contributed by atoms with Crippen molar-refractivity contribution in [3.8, 4) is 0 Å². The first kappa shape index (κ1) is 11.6. The fraction of sp³-hybridized carbons (Fsp3) is 0.182. The molecule has 0 heterocycles. The van der Waals surface area contributed by atoms with Crippen LogP contribution in [0.4, 0.5) is 5.69 Å². The first-order chi connectivity index (χ1) is 7.19. The first-order valence-corrected chi connectivity index (χ1v) is 4.93. The van der Waals surface area contributed by atoms with Crippen LogP contribution in [-0.4, -0.2) is 19.0 Å². The number of carbonyl (C=O) groups is 1. The van der Waals surface area contributed by atoms with E-state index in [1.54, 1.807) is 30.4 Å². The van der Waals surface area contributed by atoms with E-state index in [1.807, 2.05) is 0 Å². The van der Waals surface area contributed by atoms with Crippen molar-refractivity contribution in [3.63, 3.8) is 0 Å². The summed E-state index contributed by atoms with van der Waals surface area (Å²) in [5.74, 6) is -0.0122. The molecule has 0 radical (unpaired) electrons. The second-order valence-corrected chi connectivity index (χ2v) is 3.20. The molecule has 0 spiro atoms. The number of hydrogen-bond donors (Lipinski definition) is 1. The molecule has 0 unspecified atom stereocenters. The summed E-state index contributed by atoms with van der Waals surface area (Å²) in [7, 11) is 1.33. The van der Waals surface area contributed by atoms with Gasteiger partial charge in [-0.1, -0.05) is 18.2 Å². The van der Waals surface area contributed by atoms with Crippen LogP contribution in [0.5, 0.6) is 0 Å². The summed E-state index contributed by atoms with van der Waals surface area (Å²) < 4.78 is 4.65. The summed E-state index contributed by atoms with van der Waals surface area (Å²) in [6, 6.07) is 5.06. The van der Waals surface area contributed by atoms with E-state index in [0.717, 1.165) is 5.56 Å². The van der Waals surface area contributed by atoms with Gasteiger partial charge in [-0.15, -0.1) is 11.6 Å². The predicted molar refractivity (Wildman–Crippen MR) is 61.9 cm³/mol. The number of hydrogen-bond acceptors (Lipinski definition) is 3. The third-order valence-corrected chi connectivity index (χ3v) is 2.05. The van der Waals surface area contributed by atoms with Crippen molar-refractivity contribution >= 4 is 29.3 Å². The molecular weight excluding hydrogens is 214 g/mol. The van der Waals surface area contributed by atoms with Crippen molar-refractivity contribution in [2.24, 2.45) is 0 Å². The molecule has 0 bridgehead atoms. The van der Waals surface area contributed by atoms with Crippen LogP contribution in [0, 0.1) is 0 Å². The Balaban J connectivity index is 3.14. The lowest BCUT2D eigenvalue weighted by atomic mass is 10.1. The lowest BCUT2D eigenvalue weighted by Crippen LogP contribution is -2.04. The van der Waals surface area contributed by atoms with Gasteiger partial charge in [0.25, 0.3) is 0 Å². The standard InChI is InChI=1S/C11H12ClNO2/c1-15-11(14)10-7-9(13)5-4-8(10)3-2-6-12/h2-5,7H,6,13H2,1H3. The van der Waals surface area contributed by atoms with Gasteiger partial charge in [0.15, 0.2) is 0 Å². The predicted octanol–water partition coefficient (Wildman–Crippen LogP) is 2.31. The van der Waals surface area contributed by atoms with Crippen LogP contribution in [0.2, 0.25) is 0 Å². The number of esters is 1. The lowest BCUT2D eigenvalue weighted by molar-refractivity contribution is 0.0600. The van der Waals surface area contributed by atoms with E-state index in [0.29, 0.717) is 17.1 Å². The molecule has 0 aliphatic carbocycles. The second-order valence-electron chi connectivity index (χ2n) is 2.89. The van der Waals surface area contributed by atoms with Gasteiger partial charge in [-0.2, -0.15) is 0 Å². The second kappa shape index (κ2) is 5.41. The summed E-state index contributed by atoms with van der Waals surface area (Å²) in [5.41, 5.74) is 7.31. The Morgan fingerprint density at radius 2 is 2.33 bits per heavy atom. The number of rotatable bonds is 3. The maximum atomic E-state index is 11.4. The van der Waals surface area contributed by atoms with Gasteiger partial charge in [-0.3, -0.25) is 0 Å². The highest BCUT2D eigenvalue weighted by atomic mass is 35.5. The summed E-state index contributed by atoms with van der Waals surface area (Å²) >= 11 is 5.52. The topological polar surface area (TPSA) is 52.3 Å². The molecule has 1 rings (SSSR count). The Bertz CT molecular complexity index is 388. The van der Waals surface area contributed by atoms with E-state index in [1.165, 1.54) is 7.11 Å². The van der Waals surface area contributed by atoms with E-state index in [4.69, 9.17) is 17.3 Å². The van der Waals surface area contributed by atoms with E-state index < -0.39 is 5.97 Å². The number of methoxy groups -OCH3 is 1. The molecule has 4 heteroatoms. The minimum atomic E-state index is -0.406. The fourth-order valence-electron chi connectivity index (χ4n) is 1.18. The minimum absolute atomic E-state index is 0.394. The highest BCUT2D eigenvalue weighted by molar-refractivity contribution is 6.19. The number of allylic oxidation sites excluding steroid dienone is 1. The molecule has 0 atom stereocenters. The van der Waals surface area contributed by atoms with Crippen LogP contribution >= 0.6 is 11.6 Å². The molecule has 0 aliphatic heterocycles. The van der Waals surface area contributed by atoms with Crippen molar-refractivity contribution in [3.05, 3.63) is 35.4 Å². The zero-order valence-electron chi connectivity index (χ0n) is 8.37. The average molecular weight is 226 g/mol. The molecule has 0 amide bonds. The molecule has 0 fully saturated rings. The molecule has 0 saturated heterocycles. The number of nitrogens with two attached hydrogens (primary N) is 1. The third-order valence-electron chi connectivity index (χ3n) is 1.87. The van der Waals surface area contributed by atoms with E-state index in [9.17, 15) is 4.79 Å². The molecule has 2 N–H and O–H groups in total. The minimum Gasteiger partial charge on any atom is -0.465 e. The Hall–Kier alpha value is -1.48. The molecule has 1 aromatic carbocycles. The summed E-state index contributed by atoms with van der Waals surface area (Å²) in [5, 5.41) is 0. The molecule has 15 heavy (non-hydrogen) atoms. The number of carbonyl (C=O) groups excluding carboxylic acids is 1. The van der Waals surface area contributed by atoms with Gasteiger partial charge in [-0.05, 0) is 17.7 Å². The van der Waals surface area contributed by atoms with Crippen molar-refractivity contribution in [1.29, 1.82) is 0 Å². The number of ether oxygens (including phenoxy) is 1. The zero-order chi connectivity index (χ0) is 11.3. The Morgan fingerprint density at radius 1 is 1.60 bits per heavy atom. The third kappa shape index (κ3) is 2.99. The molecule has 80 valence electrons. The lowest BCUT2D eigenvalue weighted by Gasteiger charge is -2.04. The number of alkyl halides is 1. The van der Waals surface area contributed by atoms with Crippen LogP contribution < -0.4 is 5.73 Å². The summed E-state index contributed by atoms with van der Waals surface area (Å²) in [6.07, 6.45) is 3.51. The monoisotopic (exact) mass is 225 g/mol. The SMILES string of the molecule is COC(=O)c1cc(N)ccc1C=CCCl. The van der Waals surface area contributed by atoms with Gasteiger partial charge in [0, 0.05) is 11.6 Å². The summed E-state index contributed by atoms with van der Waals surface area (Å²) in [4.78, 5) is 11.4. The molecule has 0 saturated carbocycles. The van der Waals surface area contributed by atoms with E-state index >= 15 is 0 Å². The quantitative estimate of drug-likeness (QED) is 0.488. The first-order valence-electron chi connectivity index (χ1n) is 4.39. The van der Waals surface area contributed by atoms with Gasteiger partial charge in [0.05, 0.1) is 12.7 Å². The van der Waals surface area contributed by atoms with E-state index in [-0.39, 0.29) is 0 Å². The number of nitrogen functional groups attached to an aromatic ring is 1. The average Bonchev–Trinajstić information content (AvgIpc) is 2.26. The van der Waals surface area contributed by atoms with Gasteiger partial charge in [-0.25, -0.2) is 4.79 Å². The highest BCUT2D eigenvalue weighted by Crippen LogP contribution is 2.16. The van der Waals surface area contributed by atoms with Gasteiger partial charge in [0.1, 0.15) is 0 Å². The summed E-state index contributed by atoms with van der Waals surface area (Å²) in [6.45, 7) is 0. The Kier molecular flexibility index (Phi) is 4.18. The van der Waals surface area contributed by atoms with Crippen molar-refractivity contribution < 1.29 is 9.53 Å². The fourth-order valence-corrected chi connectivity index (χ4v) is 1.27. The van der Waals surface area contributed by atoms with Crippen molar-refractivity contribution in [2.75, 3.05) is 18.7 Å². The maximum Gasteiger partial charge on any atom is 0.338 e. The molecular formula is C11H12ClNO2. The van der Waals surface area contributed by atoms with Gasteiger partial charge < -0.3 is 10.5 Å². The van der Waals surface area contributed by atoms with Crippen LogP contribution in [-0.2, 0) is 4.74 Å². The highest BCUT2D eigenvalue weighted by Gasteiger charge is 2.09. The molecule has 3 nitrogen and oxygen atoms in total. The van der Waals surface area contributed by atoms with Gasteiger partial charge in [0.2, 0.25) is 0 Å². The Labute approximate surface area is 93.5 Å². The largest absolute Gasteiger partial charge is 0.465 e. The van der Waals surface area contributed by atoms with Crippen LogP contribution in [0.15, 0.2) is 24.3 Å². The molecule has 1 aromatic rings.